The van der Waals surface area contributed by atoms with E-state index in [1.54, 1.807) is 0 Å². The molecule has 2 heterocycles. The van der Waals surface area contributed by atoms with Gasteiger partial charge in [-0.2, -0.15) is 0 Å². The van der Waals surface area contributed by atoms with Gasteiger partial charge in [0, 0.05) is 15.2 Å². The molecule has 0 N–H and O–H groups in total. The number of hydrogen-bond donors (Lipinski definition) is 0. The number of halogens is 2. The Bertz CT molecular complexity index is 1150. The Labute approximate surface area is 209 Å². The highest BCUT2D eigenvalue weighted by molar-refractivity contribution is 9.11. The summed E-state index contributed by atoms with van der Waals surface area (Å²) in [5.41, 5.74) is 8.67. The Hall–Kier alpha value is -1.20. The van der Waals surface area contributed by atoms with Gasteiger partial charge in [0.1, 0.15) is 0 Å². The zero-order chi connectivity index (χ0) is 21.6. The molecule has 0 unspecified atom stereocenters. The highest BCUT2D eigenvalue weighted by Crippen LogP contribution is 2.55. The fraction of sp³-hybridized carbons (Fsp3) is 0.259. The standard InChI is InChI=1S/C27H24Br2S2/c1-3-13-27(14-4-2)21-15-17(23-9-11-25(28)30-23)5-7-19(21)20-8-6-18(16-22(20)27)24-10-12-26(29)31-24/h5-12,15-16H,3-4,13-14H2,1-2H3. The molecule has 0 atom stereocenters. The number of thiophene rings is 2. The van der Waals surface area contributed by atoms with Gasteiger partial charge in [-0.15, -0.1) is 22.7 Å². The molecular weight excluding hydrogens is 548 g/mol. The number of rotatable bonds is 6. The molecule has 1 aliphatic carbocycles. The summed E-state index contributed by atoms with van der Waals surface area (Å²) in [5.74, 6) is 0. The Balaban J connectivity index is 1.71. The molecule has 0 amide bonds. The third kappa shape index (κ3) is 3.70. The van der Waals surface area contributed by atoms with Crippen molar-refractivity contribution in [3.8, 4) is 32.0 Å². The van der Waals surface area contributed by atoms with Crippen LogP contribution >= 0.6 is 54.5 Å². The predicted molar refractivity (Wildman–Crippen MR) is 144 cm³/mol. The highest BCUT2D eigenvalue weighted by atomic mass is 79.9. The maximum absolute atomic E-state index is 3.64. The molecule has 2 aromatic carbocycles. The monoisotopic (exact) mass is 570 g/mol. The molecule has 4 heteroatoms. The smallest absolute Gasteiger partial charge is 0.0705 e. The lowest BCUT2D eigenvalue weighted by Gasteiger charge is -2.32. The quantitative estimate of drug-likeness (QED) is 0.216. The zero-order valence-corrected chi connectivity index (χ0v) is 22.5. The molecule has 0 spiro atoms. The van der Waals surface area contributed by atoms with Crippen LogP contribution in [0.25, 0.3) is 32.0 Å². The summed E-state index contributed by atoms with van der Waals surface area (Å²) < 4.78 is 2.37. The minimum Gasteiger partial charge on any atom is -0.128 e. The first-order valence-electron chi connectivity index (χ1n) is 10.9. The fourth-order valence-corrected chi connectivity index (χ4v) is 8.02. The lowest BCUT2D eigenvalue weighted by atomic mass is 9.71. The van der Waals surface area contributed by atoms with Gasteiger partial charge in [-0.3, -0.25) is 0 Å². The van der Waals surface area contributed by atoms with Gasteiger partial charge in [-0.25, -0.2) is 0 Å². The van der Waals surface area contributed by atoms with Crippen LogP contribution in [0.5, 0.6) is 0 Å². The van der Waals surface area contributed by atoms with Gasteiger partial charge in [-0.05, 0) is 114 Å². The molecule has 0 radical (unpaired) electrons. The minimum atomic E-state index is 0.100. The van der Waals surface area contributed by atoms with Crippen molar-refractivity contribution >= 4 is 54.5 Å². The van der Waals surface area contributed by atoms with E-state index >= 15 is 0 Å². The van der Waals surface area contributed by atoms with Crippen LogP contribution in [0.2, 0.25) is 0 Å². The lowest BCUT2D eigenvalue weighted by molar-refractivity contribution is 0.436. The molecule has 2 aromatic heterocycles. The molecule has 0 nitrogen and oxygen atoms in total. The van der Waals surface area contributed by atoms with Crippen molar-refractivity contribution in [1.82, 2.24) is 0 Å². The predicted octanol–water partition coefficient (Wildman–Crippen LogP) is 10.5. The summed E-state index contributed by atoms with van der Waals surface area (Å²) in [6.45, 7) is 4.66. The van der Waals surface area contributed by atoms with Crippen molar-refractivity contribution in [1.29, 1.82) is 0 Å². The van der Waals surface area contributed by atoms with E-state index in [0.717, 1.165) is 0 Å². The van der Waals surface area contributed by atoms with Crippen molar-refractivity contribution < 1.29 is 0 Å². The topological polar surface area (TPSA) is 0 Å². The van der Waals surface area contributed by atoms with E-state index in [4.69, 9.17) is 0 Å². The van der Waals surface area contributed by atoms with Crippen molar-refractivity contribution in [2.24, 2.45) is 0 Å². The molecule has 4 aromatic rings. The van der Waals surface area contributed by atoms with Gasteiger partial charge < -0.3 is 0 Å². The second kappa shape index (κ2) is 8.62. The molecule has 31 heavy (non-hydrogen) atoms. The maximum atomic E-state index is 3.64. The first-order chi connectivity index (χ1) is 15.1. The van der Waals surface area contributed by atoms with E-state index in [-0.39, 0.29) is 5.41 Å². The highest BCUT2D eigenvalue weighted by Gasteiger charge is 2.42. The van der Waals surface area contributed by atoms with Crippen LogP contribution in [-0.2, 0) is 5.41 Å². The Morgan fingerprint density at radius 1 is 0.645 bits per heavy atom. The van der Waals surface area contributed by atoms with Crippen molar-refractivity contribution in [2.75, 3.05) is 0 Å². The van der Waals surface area contributed by atoms with Gasteiger partial charge in [-0.1, -0.05) is 51.0 Å². The van der Waals surface area contributed by atoms with Crippen molar-refractivity contribution in [2.45, 2.75) is 44.9 Å². The van der Waals surface area contributed by atoms with Gasteiger partial charge in [0.25, 0.3) is 0 Å². The third-order valence-electron chi connectivity index (χ3n) is 6.43. The molecule has 0 fully saturated rings. The van der Waals surface area contributed by atoms with E-state index in [1.807, 2.05) is 22.7 Å². The number of fused-ring (bicyclic) bond motifs is 3. The first kappa shape index (κ1) is 21.6. The molecular formula is C27H24Br2S2. The lowest BCUT2D eigenvalue weighted by Crippen LogP contribution is -2.25. The molecule has 1 aliphatic rings. The van der Waals surface area contributed by atoms with E-state index < -0.39 is 0 Å². The van der Waals surface area contributed by atoms with Gasteiger partial charge in [0.05, 0.1) is 7.57 Å². The van der Waals surface area contributed by atoms with Crippen LogP contribution in [0.3, 0.4) is 0 Å². The molecule has 0 saturated carbocycles. The van der Waals surface area contributed by atoms with Gasteiger partial charge in [0.2, 0.25) is 0 Å². The molecule has 0 bridgehead atoms. The minimum absolute atomic E-state index is 0.100. The van der Waals surface area contributed by atoms with E-state index in [9.17, 15) is 0 Å². The number of benzene rings is 2. The first-order valence-corrected chi connectivity index (χ1v) is 14.1. The zero-order valence-electron chi connectivity index (χ0n) is 17.7. The number of hydrogen-bond acceptors (Lipinski definition) is 2. The molecule has 5 rings (SSSR count). The van der Waals surface area contributed by atoms with Crippen LogP contribution in [-0.4, -0.2) is 0 Å². The Morgan fingerprint density at radius 3 is 1.45 bits per heavy atom. The van der Waals surface area contributed by atoms with Crippen LogP contribution in [0.15, 0.2) is 68.2 Å². The summed E-state index contributed by atoms with van der Waals surface area (Å²) >= 11 is 10.9. The molecule has 158 valence electrons. The van der Waals surface area contributed by atoms with Crippen molar-refractivity contribution in [3.63, 3.8) is 0 Å². The fourth-order valence-electron chi connectivity index (χ4n) is 5.26. The van der Waals surface area contributed by atoms with Crippen LogP contribution in [0.1, 0.15) is 50.7 Å². The largest absolute Gasteiger partial charge is 0.128 e. The van der Waals surface area contributed by atoms with Gasteiger partial charge in [0.15, 0.2) is 0 Å². The summed E-state index contributed by atoms with van der Waals surface area (Å²) in [6, 6.07) is 23.1. The Morgan fingerprint density at radius 2 is 1.10 bits per heavy atom. The second-order valence-corrected chi connectivity index (χ2v) is 13.2. The summed E-state index contributed by atoms with van der Waals surface area (Å²) in [4.78, 5) is 2.66. The van der Waals surface area contributed by atoms with Crippen molar-refractivity contribution in [3.05, 3.63) is 79.4 Å². The van der Waals surface area contributed by atoms with E-state index in [1.165, 1.54) is 76.4 Å². The SMILES string of the molecule is CCCC1(CCC)c2cc(-c3ccc(Br)s3)ccc2-c2ccc(-c3ccc(Br)s3)cc21. The van der Waals surface area contributed by atoms with Crippen LogP contribution in [0.4, 0.5) is 0 Å². The Kier molecular flexibility index (Phi) is 6.02. The molecule has 0 aliphatic heterocycles. The third-order valence-corrected chi connectivity index (χ3v) is 9.77. The average molecular weight is 572 g/mol. The second-order valence-electron chi connectivity index (χ2n) is 8.31. The van der Waals surface area contributed by atoms with E-state index in [0.29, 0.717) is 0 Å². The average Bonchev–Trinajstić information content (AvgIpc) is 3.46. The summed E-state index contributed by atoms with van der Waals surface area (Å²) in [7, 11) is 0. The van der Waals surface area contributed by atoms with Crippen LogP contribution in [0, 0.1) is 0 Å². The van der Waals surface area contributed by atoms with Crippen LogP contribution < -0.4 is 0 Å². The van der Waals surface area contributed by atoms with Gasteiger partial charge >= 0.3 is 0 Å². The maximum Gasteiger partial charge on any atom is 0.0705 e. The summed E-state index contributed by atoms with van der Waals surface area (Å²) in [5, 5.41) is 0. The molecule has 0 saturated heterocycles. The summed E-state index contributed by atoms with van der Waals surface area (Å²) in [6.07, 6.45) is 4.75. The van der Waals surface area contributed by atoms with E-state index in [2.05, 4.69) is 106 Å². The normalized spacial score (nSPS) is 13.9.